The molecule has 2 rings (SSSR count). The predicted octanol–water partition coefficient (Wildman–Crippen LogP) is 1.38. The van der Waals surface area contributed by atoms with Crippen LogP contribution in [-0.2, 0) is 14.8 Å². The van der Waals surface area contributed by atoms with Gasteiger partial charge >= 0.3 is 0 Å². The van der Waals surface area contributed by atoms with Crippen molar-refractivity contribution in [3.63, 3.8) is 0 Å². The highest BCUT2D eigenvalue weighted by molar-refractivity contribution is 7.89. The van der Waals surface area contributed by atoms with Crippen LogP contribution in [0.1, 0.15) is 18.4 Å². The van der Waals surface area contributed by atoms with Gasteiger partial charge in [0, 0.05) is 20.2 Å². The van der Waals surface area contributed by atoms with Crippen LogP contribution in [0.3, 0.4) is 0 Å². The highest BCUT2D eigenvalue weighted by Gasteiger charge is 2.28. The van der Waals surface area contributed by atoms with Crippen molar-refractivity contribution < 1.29 is 13.2 Å². The van der Waals surface area contributed by atoms with Gasteiger partial charge in [-0.1, -0.05) is 12.1 Å². The number of anilines is 1. The molecule has 1 aliphatic heterocycles. The average Bonchev–Trinajstić information content (AvgIpc) is 2.81. The first kappa shape index (κ1) is 14.3. The second-order valence-electron chi connectivity index (χ2n) is 4.91. The second kappa shape index (κ2) is 5.48. The van der Waals surface area contributed by atoms with Crippen LogP contribution in [-0.4, -0.2) is 39.0 Å². The predicted molar refractivity (Wildman–Crippen MR) is 74.4 cm³/mol. The van der Waals surface area contributed by atoms with E-state index in [1.807, 2.05) is 0 Å². The summed E-state index contributed by atoms with van der Waals surface area (Å²) in [6, 6.07) is 5.12. The summed E-state index contributed by atoms with van der Waals surface area (Å²) in [4.78, 5) is 0.204. The zero-order chi connectivity index (χ0) is 14.0. The summed E-state index contributed by atoms with van der Waals surface area (Å²) >= 11 is 0. The van der Waals surface area contributed by atoms with E-state index >= 15 is 0 Å². The topological polar surface area (TPSA) is 72.6 Å². The fraction of sp³-hybridized carbons (Fsp3) is 0.538. The van der Waals surface area contributed by atoms with Crippen LogP contribution in [0.15, 0.2) is 23.1 Å². The van der Waals surface area contributed by atoms with Crippen molar-refractivity contribution in [2.75, 3.05) is 25.9 Å². The summed E-state index contributed by atoms with van der Waals surface area (Å²) in [6.45, 7) is 2.84. The van der Waals surface area contributed by atoms with E-state index in [2.05, 4.69) is 0 Å². The summed E-state index contributed by atoms with van der Waals surface area (Å²) in [7, 11) is -1.99. The molecule has 0 aromatic heterocycles. The van der Waals surface area contributed by atoms with Gasteiger partial charge < -0.3 is 10.5 Å². The number of hydrogen-bond donors (Lipinski definition) is 1. The van der Waals surface area contributed by atoms with E-state index in [9.17, 15) is 8.42 Å². The number of nitrogens with zero attached hydrogens (tertiary/aromatic N) is 1. The molecule has 0 amide bonds. The molecule has 0 aliphatic carbocycles. The Morgan fingerprint density at radius 2 is 2.21 bits per heavy atom. The van der Waals surface area contributed by atoms with Gasteiger partial charge in [-0.3, -0.25) is 0 Å². The Morgan fingerprint density at radius 1 is 1.47 bits per heavy atom. The molecule has 1 aromatic carbocycles. The fourth-order valence-corrected chi connectivity index (χ4v) is 3.87. The number of nitrogen functional groups attached to an aromatic ring is 1. The molecular weight excluding hydrogens is 264 g/mol. The summed E-state index contributed by atoms with van der Waals surface area (Å²) in [6.07, 6.45) is 1.89. The van der Waals surface area contributed by atoms with E-state index in [0.717, 1.165) is 12.8 Å². The Hall–Kier alpha value is -1.11. The molecule has 0 radical (unpaired) electrons. The van der Waals surface area contributed by atoms with E-state index in [-0.39, 0.29) is 11.0 Å². The van der Waals surface area contributed by atoms with E-state index in [4.69, 9.17) is 10.5 Å². The highest BCUT2D eigenvalue weighted by Crippen LogP contribution is 2.26. The molecule has 5 nitrogen and oxygen atoms in total. The van der Waals surface area contributed by atoms with Crippen LogP contribution in [0.2, 0.25) is 0 Å². The number of ether oxygens (including phenoxy) is 1. The number of rotatable bonds is 4. The zero-order valence-corrected chi connectivity index (χ0v) is 12.1. The maximum Gasteiger partial charge on any atom is 0.245 e. The van der Waals surface area contributed by atoms with Gasteiger partial charge in [-0.25, -0.2) is 8.42 Å². The lowest BCUT2D eigenvalue weighted by Gasteiger charge is -2.22. The molecular formula is C13H20N2O3S. The first-order chi connectivity index (χ1) is 8.93. The maximum atomic E-state index is 12.6. The summed E-state index contributed by atoms with van der Waals surface area (Å²) in [5.41, 5.74) is 6.77. The standard InChI is InChI=1S/C13H20N2O3S/c1-10-5-3-7-12(14)13(10)19(16,17)15(2)9-11-6-4-8-18-11/h3,5,7,11H,4,6,8-9,14H2,1-2H3. The lowest BCUT2D eigenvalue weighted by Crippen LogP contribution is -2.34. The lowest BCUT2D eigenvalue weighted by molar-refractivity contribution is 0.0979. The van der Waals surface area contributed by atoms with Crippen molar-refractivity contribution in [3.8, 4) is 0 Å². The zero-order valence-electron chi connectivity index (χ0n) is 11.3. The SMILES string of the molecule is Cc1cccc(N)c1S(=O)(=O)N(C)CC1CCCO1. The Bertz CT molecular complexity index is 531. The minimum absolute atomic E-state index is 0.00924. The van der Waals surface area contributed by atoms with Crippen molar-refractivity contribution in [3.05, 3.63) is 23.8 Å². The van der Waals surface area contributed by atoms with Gasteiger partial charge in [0.15, 0.2) is 0 Å². The van der Waals surface area contributed by atoms with E-state index < -0.39 is 10.0 Å². The first-order valence-electron chi connectivity index (χ1n) is 6.36. The van der Waals surface area contributed by atoms with Gasteiger partial charge in [0.25, 0.3) is 0 Å². The first-order valence-corrected chi connectivity index (χ1v) is 7.80. The van der Waals surface area contributed by atoms with Crippen LogP contribution in [0.4, 0.5) is 5.69 Å². The molecule has 106 valence electrons. The Kier molecular flexibility index (Phi) is 4.13. The molecule has 0 spiro atoms. The van der Waals surface area contributed by atoms with Crippen LogP contribution in [0.25, 0.3) is 0 Å². The third kappa shape index (κ3) is 2.91. The summed E-state index contributed by atoms with van der Waals surface area (Å²) < 4.78 is 31.9. The molecule has 1 fully saturated rings. The minimum atomic E-state index is -3.56. The number of sulfonamides is 1. The molecule has 1 saturated heterocycles. The van der Waals surface area contributed by atoms with E-state index in [0.29, 0.717) is 24.4 Å². The minimum Gasteiger partial charge on any atom is -0.398 e. The van der Waals surface area contributed by atoms with Crippen molar-refractivity contribution in [1.82, 2.24) is 4.31 Å². The fourth-order valence-electron chi connectivity index (χ4n) is 2.36. The molecule has 1 heterocycles. The van der Waals surface area contributed by atoms with Gasteiger partial charge in [0.05, 0.1) is 11.8 Å². The van der Waals surface area contributed by atoms with Crippen molar-refractivity contribution in [2.24, 2.45) is 0 Å². The number of hydrogen-bond acceptors (Lipinski definition) is 4. The van der Waals surface area contributed by atoms with Crippen molar-refractivity contribution >= 4 is 15.7 Å². The molecule has 6 heteroatoms. The number of likely N-dealkylation sites (N-methyl/N-ethyl adjacent to an activating group) is 1. The van der Waals surface area contributed by atoms with Crippen molar-refractivity contribution in [1.29, 1.82) is 0 Å². The third-order valence-electron chi connectivity index (χ3n) is 3.40. The summed E-state index contributed by atoms with van der Waals surface area (Å²) in [5.74, 6) is 0. The lowest BCUT2D eigenvalue weighted by atomic mass is 10.2. The smallest absolute Gasteiger partial charge is 0.245 e. The number of nitrogens with two attached hydrogens (primary N) is 1. The molecule has 1 unspecified atom stereocenters. The average molecular weight is 284 g/mol. The molecule has 1 aliphatic rings. The molecule has 19 heavy (non-hydrogen) atoms. The monoisotopic (exact) mass is 284 g/mol. The van der Waals surface area contributed by atoms with Crippen LogP contribution >= 0.6 is 0 Å². The second-order valence-corrected chi connectivity index (χ2v) is 6.90. The van der Waals surface area contributed by atoms with Gasteiger partial charge in [0.2, 0.25) is 10.0 Å². The number of aryl methyl sites for hydroxylation is 1. The van der Waals surface area contributed by atoms with Crippen LogP contribution in [0, 0.1) is 6.92 Å². The van der Waals surface area contributed by atoms with Crippen molar-refractivity contribution in [2.45, 2.75) is 30.8 Å². The Morgan fingerprint density at radius 3 is 2.79 bits per heavy atom. The van der Waals surface area contributed by atoms with E-state index in [1.54, 1.807) is 32.2 Å². The normalized spacial score (nSPS) is 20.1. The highest BCUT2D eigenvalue weighted by atomic mass is 32.2. The van der Waals surface area contributed by atoms with E-state index in [1.165, 1.54) is 4.31 Å². The molecule has 1 atom stereocenters. The van der Waals surface area contributed by atoms with Crippen LogP contribution < -0.4 is 5.73 Å². The van der Waals surface area contributed by atoms with Crippen LogP contribution in [0.5, 0.6) is 0 Å². The van der Waals surface area contributed by atoms with Gasteiger partial charge in [-0.05, 0) is 31.4 Å². The summed E-state index contributed by atoms with van der Waals surface area (Å²) in [5, 5.41) is 0. The Labute approximate surface area is 114 Å². The van der Waals surface area contributed by atoms with Gasteiger partial charge in [-0.2, -0.15) is 4.31 Å². The molecule has 1 aromatic rings. The Balaban J connectivity index is 2.26. The largest absolute Gasteiger partial charge is 0.398 e. The molecule has 0 bridgehead atoms. The molecule has 0 saturated carbocycles. The molecule has 2 N–H and O–H groups in total. The van der Waals surface area contributed by atoms with Gasteiger partial charge in [0.1, 0.15) is 4.90 Å². The quantitative estimate of drug-likeness (QED) is 0.848. The maximum absolute atomic E-state index is 12.6. The number of benzene rings is 1. The van der Waals surface area contributed by atoms with Gasteiger partial charge in [-0.15, -0.1) is 0 Å². The third-order valence-corrected chi connectivity index (χ3v) is 5.44.